The summed E-state index contributed by atoms with van der Waals surface area (Å²) in [4.78, 5) is 24.5. The molecule has 0 spiro atoms. The van der Waals surface area contributed by atoms with Gasteiger partial charge in [-0.3, -0.25) is 9.98 Å². The molecule has 0 amide bonds. The van der Waals surface area contributed by atoms with Crippen molar-refractivity contribution in [2.24, 2.45) is 4.99 Å². The lowest BCUT2D eigenvalue weighted by molar-refractivity contribution is -0.149. The molecule has 2 unspecified atom stereocenters. The van der Waals surface area contributed by atoms with Crippen LogP contribution in [0, 0.1) is 0 Å². The molecule has 7 nitrogen and oxygen atoms in total. The molecule has 0 aliphatic carbocycles. The van der Waals surface area contributed by atoms with E-state index in [1.54, 1.807) is 18.8 Å². The number of halogens is 1. The third-order valence-electron chi connectivity index (χ3n) is 6.37. The normalized spacial score (nSPS) is 19.3. The van der Waals surface area contributed by atoms with Crippen molar-refractivity contribution in [2.45, 2.75) is 18.0 Å². The number of ether oxygens (including phenoxy) is 1. The summed E-state index contributed by atoms with van der Waals surface area (Å²) in [6, 6.07) is 20.6. The minimum atomic E-state index is -1.19. The van der Waals surface area contributed by atoms with E-state index in [0.29, 0.717) is 24.5 Å². The van der Waals surface area contributed by atoms with Gasteiger partial charge in [0.2, 0.25) is 5.54 Å². The number of anilines is 1. The highest BCUT2D eigenvalue weighted by Crippen LogP contribution is 2.39. The number of aliphatic imine (C=N–C) groups is 1. The van der Waals surface area contributed by atoms with Gasteiger partial charge in [0, 0.05) is 41.8 Å². The number of furan rings is 1. The topological polar surface area (TPSA) is 80.0 Å². The molecule has 178 valence electrons. The number of hydrogen-bond acceptors (Lipinski definition) is 7. The van der Waals surface area contributed by atoms with E-state index in [0.717, 1.165) is 27.9 Å². The highest BCUT2D eigenvalue weighted by atomic mass is 35.5. The Balaban J connectivity index is 1.41. The summed E-state index contributed by atoms with van der Waals surface area (Å²) in [5, 5.41) is 5.14. The molecule has 0 radical (unpaired) electrons. The van der Waals surface area contributed by atoms with Crippen LogP contribution in [0.5, 0.6) is 0 Å². The van der Waals surface area contributed by atoms with Crippen molar-refractivity contribution in [3.05, 3.63) is 95.5 Å². The van der Waals surface area contributed by atoms with Crippen LogP contribution in [0.15, 0.2) is 88.6 Å². The highest BCUT2D eigenvalue weighted by molar-refractivity contribution is 6.31. The summed E-state index contributed by atoms with van der Waals surface area (Å²) >= 11 is 6.12. The van der Waals surface area contributed by atoms with Gasteiger partial charge in [-0.25, -0.2) is 4.79 Å². The molecule has 2 aromatic heterocycles. The molecule has 5 rings (SSSR count). The number of hydrogen-bond donors (Lipinski definition) is 1. The van der Waals surface area contributed by atoms with Gasteiger partial charge in [-0.15, -0.1) is 0 Å². The first-order valence-corrected chi connectivity index (χ1v) is 11.7. The molecule has 0 bridgehead atoms. The third-order valence-corrected chi connectivity index (χ3v) is 6.60. The summed E-state index contributed by atoms with van der Waals surface area (Å²) < 4.78 is 10.9. The number of aromatic nitrogens is 1. The summed E-state index contributed by atoms with van der Waals surface area (Å²) in [6.07, 6.45) is 5.65. The first kappa shape index (κ1) is 22.9. The van der Waals surface area contributed by atoms with E-state index < -0.39 is 11.5 Å². The Morgan fingerprint density at radius 2 is 2.03 bits per heavy atom. The molecule has 3 heterocycles. The average molecular weight is 489 g/mol. The zero-order chi connectivity index (χ0) is 24.3. The first-order chi connectivity index (χ1) is 17.1. The minimum Gasteiger partial charge on any atom is -0.469 e. The number of esters is 1. The van der Waals surface area contributed by atoms with Gasteiger partial charge in [0.05, 0.1) is 31.3 Å². The van der Waals surface area contributed by atoms with Gasteiger partial charge >= 0.3 is 5.97 Å². The summed E-state index contributed by atoms with van der Waals surface area (Å²) in [5.74, 6) is 0.378. The maximum Gasteiger partial charge on any atom is 0.340 e. The van der Waals surface area contributed by atoms with Crippen molar-refractivity contribution in [3.63, 3.8) is 0 Å². The number of rotatable bonds is 8. The number of benzene rings is 2. The lowest BCUT2D eigenvalue weighted by atomic mass is 9.81. The second-order valence-corrected chi connectivity index (χ2v) is 8.79. The van der Waals surface area contributed by atoms with Crippen LogP contribution in [-0.4, -0.2) is 48.4 Å². The first-order valence-electron chi connectivity index (χ1n) is 11.4. The molecule has 8 heteroatoms. The second kappa shape index (κ2) is 9.80. The van der Waals surface area contributed by atoms with E-state index in [1.165, 1.54) is 7.11 Å². The van der Waals surface area contributed by atoms with E-state index in [9.17, 15) is 4.79 Å². The van der Waals surface area contributed by atoms with Gasteiger partial charge in [-0.2, -0.15) is 0 Å². The number of nitrogens with zero attached hydrogens (tertiary/aromatic N) is 3. The third kappa shape index (κ3) is 4.35. The number of methoxy groups -OCH3 is 1. The molecule has 2 aromatic carbocycles. The largest absolute Gasteiger partial charge is 0.469 e. The average Bonchev–Trinajstić information content (AvgIpc) is 3.53. The Kier molecular flexibility index (Phi) is 6.42. The van der Waals surface area contributed by atoms with Crippen LogP contribution in [0.1, 0.15) is 11.3 Å². The predicted octanol–water partition coefficient (Wildman–Crippen LogP) is 4.92. The Morgan fingerprint density at radius 3 is 2.80 bits per heavy atom. The Morgan fingerprint density at radius 1 is 1.17 bits per heavy atom. The number of carbonyl (C=O) groups excluding carboxylic acids is 1. The fourth-order valence-corrected chi connectivity index (χ4v) is 4.85. The molecule has 4 aromatic rings. The van der Waals surface area contributed by atoms with E-state index >= 15 is 0 Å². The smallest absolute Gasteiger partial charge is 0.340 e. The van der Waals surface area contributed by atoms with Crippen LogP contribution >= 0.6 is 11.6 Å². The van der Waals surface area contributed by atoms with Crippen molar-refractivity contribution in [1.82, 2.24) is 9.88 Å². The Bertz CT molecular complexity index is 1340. The van der Waals surface area contributed by atoms with Crippen molar-refractivity contribution in [1.29, 1.82) is 0 Å². The maximum absolute atomic E-state index is 13.3. The molecule has 2 atom stereocenters. The van der Waals surface area contributed by atoms with Gasteiger partial charge in [0.15, 0.2) is 0 Å². The predicted molar refractivity (Wildman–Crippen MR) is 137 cm³/mol. The molecule has 1 N–H and O–H groups in total. The Hall–Kier alpha value is -3.84. The van der Waals surface area contributed by atoms with Crippen LogP contribution < -0.4 is 5.32 Å². The van der Waals surface area contributed by atoms with Crippen LogP contribution in [0.25, 0.3) is 10.9 Å². The van der Waals surface area contributed by atoms with Crippen LogP contribution in [0.3, 0.4) is 0 Å². The highest BCUT2D eigenvalue weighted by Gasteiger charge is 2.53. The van der Waals surface area contributed by atoms with E-state index in [4.69, 9.17) is 25.7 Å². The van der Waals surface area contributed by atoms with Crippen molar-refractivity contribution in [2.75, 3.05) is 25.5 Å². The molecule has 1 aliphatic heterocycles. The molecule has 1 aliphatic rings. The quantitative estimate of drug-likeness (QED) is 0.355. The summed E-state index contributed by atoms with van der Waals surface area (Å²) in [5.41, 5.74) is 1.39. The number of fused-ring (bicyclic) bond motifs is 1. The van der Waals surface area contributed by atoms with Gasteiger partial charge in [0.25, 0.3) is 0 Å². The van der Waals surface area contributed by atoms with Gasteiger partial charge in [0.1, 0.15) is 5.76 Å². The molecule has 0 saturated heterocycles. The van der Waals surface area contributed by atoms with Crippen molar-refractivity contribution >= 4 is 40.5 Å². The lowest BCUT2D eigenvalue weighted by Crippen LogP contribution is -2.51. The second-order valence-electron chi connectivity index (χ2n) is 8.35. The number of nitrogens with one attached hydrogen (secondary N) is 1. The fourth-order valence-electron chi connectivity index (χ4n) is 4.69. The monoisotopic (exact) mass is 488 g/mol. The van der Waals surface area contributed by atoms with Crippen LogP contribution in [0.4, 0.5) is 5.69 Å². The zero-order valence-electron chi connectivity index (χ0n) is 19.2. The Labute approximate surface area is 208 Å². The SMILES string of the molecule is COC(=O)C1(c2ccccc2)N=CN(CCNc2ccnc3cc(Cl)ccc23)C1Cc1ccco1. The zero-order valence-corrected chi connectivity index (χ0v) is 20.0. The van der Waals surface area contributed by atoms with Crippen molar-refractivity contribution in [3.8, 4) is 0 Å². The minimum absolute atomic E-state index is 0.321. The van der Waals surface area contributed by atoms with Crippen LogP contribution in [-0.2, 0) is 21.5 Å². The standard InChI is InChI=1S/C27H25ClN4O3/c1-34-26(33)27(19-6-3-2-4-7-19)25(17-21-8-5-15-35-21)32(18-31-27)14-13-30-23-11-12-29-24-16-20(28)9-10-22(23)24/h2-12,15-16,18,25H,13-14,17H2,1H3,(H,29,30). The molecule has 35 heavy (non-hydrogen) atoms. The van der Waals surface area contributed by atoms with E-state index in [-0.39, 0.29) is 6.04 Å². The fraction of sp³-hybridized carbons (Fsp3) is 0.222. The molecule has 0 fully saturated rings. The van der Waals surface area contributed by atoms with Gasteiger partial charge in [-0.05, 0) is 42.0 Å². The maximum atomic E-state index is 13.3. The molecular formula is C27H25ClN4O3. The van der Waals surface area contributed by atoms with Gasteiger partial charge in [-0.1, -0.05) is 41.9 Å². The molecule has 0 saturated carbocycles. The molecular weight excluding hydrogens is 464 g/mol. The summed E-state index contributed by atoms with van der Waals surface area (Å²) in [6.45, 7) is 1.23. The summed E-state index contributed by atoms with van der Waals surface area (Å²) in [7, 11) is 1.40. The van der Waals surface area contributed by atoms with Crippen molar-refractivity contribution < 1.29 is 13.9 Å². The lowest BCUT2D eigenvalue weighted by Gasteiger charge is -2.35. The van der Waals surface area contributed by atoms with Crippen LogP contribution in [0.2, 0.25) is 5.02 Å². The van der Waals surface area contributed by atoms with Gasteiger partial charge < -0.3 is 19.4 Å². The number of pyridine rings is 1. The number of carbonyl (C=O) groups is 1. The van der Waals surface area contributed by atoms with E-state index in [1.807, 2.05) is 66.7 Å². The van der Waals surface area contributed by atoms with E-state index in [2.05, 4.69) is 15.2 Å².